The Morgan fingerprint density at radius 1 is 0.492 bits per heavy atom. The van der Waals surface area contributed by atoms with Gasteiger partial charge in [-0.15, -0.1) is 15.3 Å². The summed E-state index contributed by atoms with van der Waals surface area (Å²) in [6.45, 7) is 0. The zero-order chi connectivity index (χ0) is 42.1. The quantitative estimate of drug-likeness (QED) is 0.0331. The minimum atomic E-state index is -4.69. The van der Waals surface area contributed by atoms with Crippen LogP contribution in [0.3, 0.4) is 0 Å². The van der Waals surface area contributed by atoms with Crippen molar-refractivity contribution in [2.45, 2.75) is 14.7 Å². The molecule has 7 rings (SSSR count). The number of azo groups is 2. The molecule has 0 heterocycles. The Labute approximate surface area is 335 Å². The van der Waals surface area contributed by atoms with Gasteiger partial charge in [-0.25, -0.2) is 0 Å². The molecule has 0 aliphatic heterocycles. The van der Waals surface area contributed by atoms with E-state index in [1.165, 1.54) is 60.7 Å². The number of benzene rings is 7. The van der Waals surface area contributed by atoms with Crippen LogP contribution in [0.1, 0.15) is 0 Å². The van der Waals surface area contributed by atoms with E-state index in [0.717, 1.165) is 18.2 Å². The van der Waals surface area contributed by atoms with E-state index in [4.69, 9.17) is 0 Å². The Morgan fingerprint density at radius 2 is 1.03 bits per heavy atom. The molecule has 7 aromatic rings. The molecule has 0 saturated heterocycles. The zero-order valence-electron chi connectivity index (χ0n) is 29.8. The third-order valence-corrected chi connectivity index (χ3v) is 11.3. The van der Waals surface area contributed by atoms with E-state index in [1.54, 1.807) is 48.5 Å². The first-order valence-electron chi connectivity index (χ1n) is 16.8. The number of rotatable bonds is 12. The molecule has 0 saturated carbocycles. The maximum atomic E-state index is 12.5. The number of para-hydroxylation sites is 1. The molecule has 0 atom stereocenters. The fraction of sp³-hybridized carbons (Fsp3) is 0. The molecule has 59 heavy (non-hydrogen) atoms. The van der Waals surface area contributed by atoms with Gasteiger partial charge in [0.05, 0.1) is 32.6 Å². The van der Waals surface area contributed by atoms with Crippen molar-refractivity contribution in [3.8, 4) is 0 Å². The molecule has 7 aromatic carbocycles. The molecule has 0 radical (unpaired) electrons. The predicted molar refractivity (Wildman–Crippen MR) is 218 cm³/mol. The zero-order valence-corrected chi connectivity index (χ0v) is 32.2. The van der Waals surface area contributed by atoms with Gasteiger partial charge >= 0.3 is 0 Å². The normalized spacial score (nSPS) is 12.4. The molecular formula is C38H27N7O11S3. The molecule has 0 unspecified atom stereocenters. The number of nitrogens with zero attached hydrogens (tertiary/aromatic N) is 5. The van der Waals surface area contributed by atoms with Gasteiger partial charge in [0, 0.05) is 44.7 Å². The molecule has 0 fully saturated rings. The molecule has 0 aliphatic carbocycles. The van der Waals surface area contributed by atoms with Crippen LogP contribution in [-0.2, 0) is 30.4 Å². The third-order valence-electron chi connectivity index (χ3n) is 8.70. The number of hydrogen-bond acceptors (Lipinski definition) is 14. The molecule has 298 valence electrons. The number of fused-ring (bicyclic) bond motifs is 2. The van der Waals surface area contributed by atoms with Gasteiger partial charge in [0.25, 0.3) is 36.0 Å². The van der Waals surface area contributed by atoms with Crippen LogP contribution in [0.15, 0.2) is 169 Å². The highest BCUT2D eigenvalue weighted by Gasteiger charge is 2.21. The van der Waals surface area contributed by atoms with Crippen molar-refractivity contribution in [3.05, 3.63) is 144 Å². The number of hydrogen-bond donors (Lipinski definition) is 5. The first-order valence-corrected chi connectivity index (χ1v) is 21.1. The first-order chi connectivity index (χ1) is 28.0. The Hall–Kier alpha value is -7.01. The van der Waals surface area contributed by atoms with Crippen LogP contribution < -0.4 is 10.6 Å². The lowest BCUT2D eigenvalue weighted by Crippen LogP contribution is -2.02. The molecule has 0 amide bonds. The van der Waals surface area contributed by atoms with Crippen LogP contribution in [-0.4, -0.2) is 43.8 Å². The second kappa shape index (κ2) is 15.7. The van der Waals surface area contributed by atoms with Crippen molar-refractivity contribution < 1.29 is 43.8 Å². The molecule has 21 heteroatoms. The number of anilines is 4. The standard InChI is InChI=1S/C38H27N7O11S3/c46-45(47)36-22-27(58(51,52)53)14-16-34(36)39-24-9-11-25(12-10-24)41-42-31-17-18-33(30-21-26(57(48,49)50)13-15-28(30)31)44-43-32-19-20-35(40-23-5-2-1-3-6-23)38-29(32)7-4-8-37(38)59(54,55)56/h1-22,39-40H,(H,48,49,50)(H,51,52,53)(H,54,55,56). The lowest BCUT2D eigenvalue weighted by atomic mass is 10.1. The van der Waals surface area contributed by atoms with Crippen LogP contribution in [0.2, 0.25) is 0 Å². The molecule has 0 aliphatic rings. The lowest BCUT2D eigenvalue weighted by molar-refractivity contribution is -0.384. The molecule has 0 aromatic heterocycles. The fourth-order valence-electron chi connectivity index (χ4n) is 5.99. The van der Waals surface area contributed by atoms with Gasteiger partial charge in [-0.2, -0.15) is 30.4 Å². The van der Waals surface area contributed by atoms with Crippen molar-refractivity contribution in [3.63, 3.8) is 0 Å². The smallest absolute Gasteiger partial charge is 0.295 e. The Morgan fingerprint density at radius 3 is 1.68 bits per heavy atom. The molecule has 5 N–H and O–H groups in total. The lowest BCUT2D eigenvalue weighted by Gasteiger charge is -2.14. The Kier molecular flexibility index (Phi) is 10.7. The summed E-state index contributed by atoms with van der Waals surface area (Å²) in [5.41, 5.74) is 1.68. The highest BCUT2D eigenvalue weighted by molar-refractivity contribution is 7.86. The van der Waals surface area contributed by atoms with E-state index < -0.39 is 50.8 Å². The molecule has 18 nitrogen and oxygen atoms in total. The van der Waals surface area contributed by atoms with Crippen molar-refractivity contribution >= 4 is 103 Å². The summed E-state index contributed by atoms with van der Waals surface area (Å²) < 4.78 is 101. The van der Waals surface area contributed by atoms with Gasteiger partial charge in [-0.1, -0.05) is 36.4 Å². The SMILES string of the molecule is O=[N+]([O-])c1cc(S(=O)(=O)O)ccc1Nc1ccc(N=Nc2ccc(N=Nc3ccc(Nc4ccccc4)c4c(S(=O)(=O)O)cccc34)c3cc(S(=O)(=O)O)ccc23)cc1. The average Bonchev–Trinajstić information content (AvgIpc) is 3.19. The largest absolute Gasteiger partial charge is 0.355 e. The third kappa shape index (κ3) is 8.94. The van der Waals surface area contributed by atoms with Gasteiger partial charge in [-0.05, 0) is 91.0 Å². The summed E-state index contributed by atoms with van der Waals surface area (Å²) in [5, 5.41) is 35.9. The number of nitro groups is 1. The van der Waals surface area contributed by atoms with Gasteiger partial charge in [0.1, 0.15) is 15.5 Å². The van der Waals surface area contributed by atoms with E-state index in [0.29, 0.717) is 33.5 Å². The summed E-state index contributed by atoms with van der Waals surface area (Å²) in [4.78, 5) is 9.33. The number of nitro benzene ring substituents is 1. The van der Waals surface area contributed by atoms with E-state index in [2.05, 4.69) is 31.1 Å². The predicted octanol–water partition coefficient (Wildman–Crippen LogP) is 9.96. The van der Waals surface area contributed by atoms with Gasteiger partial charge < -0.3 is 10.6 Å². The summed E-state index contributed by atoms with van der Waals surface area (Å²) >= 11 is 0. The van der Waals surface area contributed by atoms with Crippen LogP contribution in [0.25, 0.3) is 21.5 Å². The van der Waals surface area contributed by atoms with Gasteiger partial charge in [0.2, 0.25) is 0 Å². The van der Waals surface area contributed by atoms with Gasteiger partial charge in [-0.3, -0.25) is 23.8 Å². The summed E-state index contributed by atoms with van der Waals surface area (Å²) in [5.74, 6) is 0. The maximum Gasteiger partial charge on any atom is 0.295 e. The fourth-order valence-corrected chi connectivity index (χ4v) is 7.72. The maximum absolute atomic E-state index is 12.5. The van der Waals surface area contributed by atoms with Gasteiger partial charge in [0.15, 0.2) is 0 Å². The second-order valence-corrected chi connectivity index (χ2v) is 16.8. The van der Waals surface area contributed by atoms with Crippen LogP contribution >= 0.6 is 0 Å². The summed E-state index contributed by atoms with van der Waals surface area (Å²) in [6.07, 6.45) is 0. The summed E-state index contributed by atoms with van der Waals surface area (Å²) in [7, 11) is -14.0. The highest BCUT2D eigenvalue weighted by atomic mass is 32.2. The van der Waals surface area contributed by atoms with Crippen molar-refractivity contribution in [1.29, 1.82) is 0 Å². The van der Waals surface area contributed by atoms with E-state index >= 15 is 0 Å². The molecule has 0 spiro atoms. The minimum Gasteiger partial charge on any atom is -0.355 e. The van der Waals surface area contributed by atoms with E-state index in [9.17, 15) is 49.0 Å². The number of nitrogens with one attached hydrogen (secondary N) is 2. The van der Waals surface area contributed by atoms with Crippen LogP contribution in [0.4, 0.5) is 51.2 Å². The average molecular weight is 854 g/mol. The highest BCUT2D eigenvalue weighted by Crippen LogP contribution is 2.41. The Balaban J connectivity index is 1.22. The monoisotopic (exact) mass is 853 g/mol. The Bertz CT molecular complexity index is 3220. The van der Waals surface area contributed by atoms with E-state index in [-0.39, 0.29) is 38.4 Å². The van der Waals surface area contributed by atoms with Crippen molar-refractivity contribution in [2.75, 3.05) is 10.6 Å². The van der Waals surface area contributed by atoms with Crippen molar-refractivity contribution in [2.24, 2.45) is 20.5 Å². The first kappa shape index (κ1) is 40.2. The van der Waals surface area contributed by atoms with E-state index in [1.807, 2.05) is 6.07 Å². The second-order valence-electron chi connectivity index (χ2n) is 12.5. The van der Waals surface area contributed by atoms with Crippen LogP contribution in [0.5, 0.6) is 0 Å². The minimum absolute atomic E-state index is 0.0436. The molecule has 0 bridgehead atoms. The topological polar surface area (TPSA) is 280 Å². The van der Waals surface area contributed by atoms with Crippen LogP contribution in [0, 0.1) is 10.1 Å². The summed E-state index contributed by atoms with van der Waals surface area (Å²) in [6, 6.07) is 32.2. The molecular weight excluding hydrogens is 827 g/mol. The van der Waals surface area contributed by atoms with Crippen molar-refractivity contribution in [1.82, 2.24) is 0 Å².